The van der Waals surface area contributed by atoms with Gasteiger partial charge in [-0.1, -0.05) is 6.92 Å². The Labute approximate surface area is 173 Å². The first-order valence-corrected chi connectivity index (χ1v) is 11.0. The number of nitriles is 1. The molecule has 10 heteroatoms. The fourth-order valence-electron chi connectivity index (χ4n) is 3.27. The summed E-state index contributed by atoms with van der Waals surface area (Å²) < 4.78 is 46.5. The van der Waals surface area contributed by atoms with E-state index >= 15 is 0 Å². The molecule has 4 rings (SSSR count). The average molecular weight is 427 g/mol. The Bertz CT molecular complexity index is 1220. The monoisotopic (exact) mass is 427 g/mol. The van der Waals surface area contributed by atoms with E-state index in [4.69, 9.17) is 4.74 Å². The van der Waals surface area contributed by atoms with E-state index < -0.39 is 21.5 Å². The SMILES string of the molecule is CCCS(=O)(=O)Nc1c(F)ccc(Oc2ccc3c(c2)C2=NCCN2C=N3)c1C#N. The lowest BCUT2D eigenvalue weighted by Gasteiger charge is -2.21. The van der Waals surface area contributed by atoms with Crippen molar-refractivity contribution >= 4 is 33.6 Å². The highest BCUT2D eigenvalue weighted by Gasteiger charge is 2.25. The molecule has 0 saturated heterocycles. The summed E-state index contributed by atoms with van der Waals surface area (Å²) in [5.74, 6) is 0.183. The molecule has 0 unspecified atom stereocenters. The summed E-state index contributed by atoms with van der Waals surface area (Å²) in [6, 6.07) is 9.38. The maximum Gasteiger partial charge on any atom is 0.232 e. The molecule has 0 atom stereocenters. The molecular weight excluding hydrogens is 409 g/mol. The van der Waals surface area contributed by atoms with E-state index in [0.29, 0.717) is 18.7 Å². The standard InChI is InChI=1S/C20H18FN5O3S/c1-2-9-30(27,28)25-19-15(11-22)18(6-4-16(19)21)29-13-3-5-17-14(10-13)20-23-7-8-26(20)12-24-17/h3-6,10,12,25H,2,7-9H2,1H3. The minimum absolute atomic E-state index is 0.0394. The summed E-state index contributed by atoms with van der Waals surface area (Å²) in [6.07, 6.45) is 2.09. The van der Waals surface area contributed by atoms with E-state index in [-0.39, 0.29) is 17.1 Å². The Morgan fingerprint density at radius 2 is 2.17 bits per heavy atom. The molecule has 2 aromatic carbocycles. The molecule has 0 fully saturated rings. The highest BCUT2D eigenvalue weighted by atomic mass is 32.2. The van der Waals surface area contributed by atoms with Crippen LogP contribution in [0.3, 0.4) is 0 Å². The van der Waals surface area contributed by atoms with E-state index in [2.05, 4.69) is 14.7 Å². The molecule has 30 heavy (non-hydrogen) atoms. The van der Waals surface area contributed by atoms with Crippen LogP contribution < -0.4 is 9.46 Å². The largest absolute Gasteiger partial charge is 0.456 e. The Hall–Kier alpha value is -3.45. The molecule has 154 valence electrons. The van der Waals surface area contributed by atoms with Gasteiger partial charge in [0, 0.05) is 12.1 Å². The van der Waals surface area contributed by atoms with Crippen LogP contribution in [0.25, 0.3) is 0 Å². The van der Waals surface area contributed by atoms with Crippen LogP contribution >= 0.6 is 0 Å². The van der Waals surface area contributed by atoms with Crippen LogP contribution in [0.15, 0.2) is 40.3 Å². The van der Waals surface area contributed by atoms with Gasteiger partial charge in [0.15, 0.2) is 0 Å². The number of anilines is 1. The summed E-state index contributed by atoms with van der Waals surface area (Å²) >= 11 is 0. The van der Waals surface area contributed by atoms with Crippen LogP contribution in [0.4, 0.5) is 15.8 Å². The van der Waals surface area contributed by atoms with Gasteiger partial charge in [-0.2, -0.15) is 5.26 Å². The number of sulfonamides is 1. The van der Waals surface area contributed by atoms with Crippen molar-refractivity contribution in [3.63, 3.8) is 0 Å². The Morgan fingerprint density at radius 1 is 1.33 bits per heavy atom. The molecular formula is C20H18FN5O3S. The number of fused-ring (bicyclic) bond motifs is 3. The first kappa shape index (κ1) is 19.8. The highest BCUT2D eigenvalue weighted by Crippen LogP contribution is 2.35. The van der Waals surface area contributed by atoms with Gasteiger partial charge in [0.25, 0.3) is 0 Å². The van der Waals surface area contributed by atoms with Gasteiger partial charge in [0.05, 0.1) is 24.3 Å². The van der Waals surface area contributed by atoms with Gasteiger partial charge in [0.2, 0.25) is 10.0 Å². The molecule has 0 spiro atoms. The Kier molecular flexibility index (Phi) is 5.13. The van der Waals surface area contributed by atoms with Crippen LogP contribution in [0.2, 0.25) is 0 Å². The van der Waals surface area contributed by atoms with Gasteiger partial charge in [-0.25, -0.2) is 17.8 Å². The summed E-state index contributed by atoms with van der Waals surface area (Å²) in [4.78, 5) is 10.8. The van der Waals surface area contributed by atoms with Crippen LogP contribution in [-0.2, 0) is 10.0 Å². The van der Waals surface area contributed by atoms with Gasteiger partial charge in [-0.05, 0) is 36.8 Å². The zero-order valence-corrected chi connectivity index (χ0v) is 16.9. The smallest absolute Gasteiger partial charge is 0.232 e. The van der Waals surface area contributed by atoms with E-state index in [1.54, 1.807) is 31.5 Å². The molecule has 0 amide bonds. The van der Waals surface area contributed by atoms with Gasteiger partial charge in [-0.15, -0.1) is 0 Å². The summed E-state index contributed by atoms with van der Waals surface area (Å²) in [5, 5.41) is 9.57. The van der Waals surface area contributed by atoms with Crippen molar-refractivity contribution < 1.29 is 17.5 Å². The van der Waals surface area contributed by atoms with Gasteiger partial charge < -0.3 is 9.64 Å². The highest BCUT2D eigenvalue weighted by molar-refractivity contribution is 7.92. The number of amidine groups is 1. The normalized spacial score (nSPS) is 14.6. The number of hydrogen-bond donors (Lipinski definition) is 1. The number of hydrogen-bond acceptors (Lipinski definition) is 7. The third-order valence-corrected chi connectivity index (χ3v) is 6.07. The summed E-state index contributed by atoms with van der Waals surface area (Å²) in [5.41, 5.74) is 0.881. The minimum Gasteiger partial charge on any atom is -0.456 e. The molecule has 0 bridgehead atoms. The molecule has 0 aliphatic carbocycles. The zero-order chi connectivity index (χ0) is 21.3. The van der Waals surface area contributed by atoms with E-state index in [0.717, 1.165) is 29.7 Å². The predicted octanol–water partition coefficient (Wildman–Crippen LogP) is 3.38. The van der Waals surface area contributed by atoms with Crippen LogP contribution in [0.1, 0.15) is 24.5 Å². The van der Waals surface area contributed by atoms with Crippen molar-refractivity contribution in [1.82, 2.24) is 4.90 Å². The lowest BCUT2D eigenvalue weighted by molar-refractivity contribution is 0.479. The Balaban J connectivity index is 1.69. The van der Waals surface area contributed by atoms with E-state index in [1.807, 2.05) is 11.0 Å². The zero-order valence-electron chi connectivity index (χ0n) is 16.1. The van der Waals surface area contributed by atoms with Crippen LogP contribution in [0, 0.1) is 17.1 Å². The first-order chi connectivity index (χ1) is 14.4. The molecule has 2 heterocycles. The third-order valence-electron chi connectivity index (χ3n) is 4.61. The van der Waals surface area contributed by atoms with Crippen LogP contribution in [0.5, 0.6) is 11.5 Å². The average Bonchev–Trinajstić information content (AvgIpc) is 3.20. The third kappa shape index (κ3) is 3.71. The van der Waals surface area contributed by atoms with Gasteiger partial charge in [-0.3, -0.25) is 9.71 Å². The predicted molar refractivity (Wildman–Crippen MR) is 112 cm³/mol. The number of aliphatic imine (C=N–C) groups is 2. The second-order valence-corrected chi connectivity index (χ2v) is 8.59. The topological polar surface area (TPSA) is 107 Å². The summed E-state index contributed by atoms with van der Waals surface area (Å²) in [6.45, 7) is 3.11. The van der Waals surface area contributed by atoms with Crippen molar-refractivity contribution in [2.24, 2.45) is 9.98 Å². The fraction of sp³-hybridized carbons (Fsp3) is 0.250. The lowest BCUT2D eigenvalue weighted by atomic mass is 10.1. The second kappa shape index (κ2) is 7.76. The molecule has 0 aromatic heterocycles. The van der Waals surface area contributed by atoms with Crippen molar-refractivity contribution in [3.8, 4) is 17.6 Å². The number of nitrogens with zero attached hydrogens (tertiary/aromatic N) is 4. The Morgan fingerprint density at radius 3 is 2.93 bits per heavy atom. The molecule has 2 aromatic rings. The number of ether oxygens (including phenoxy) is 1. The molecule has 0 radical (unpaired) electrons. The number of nitrogens with one attached hydrogen (secondary N) is 1. The first-order valence-electron chi connectivity index (χ1n) is 9.32. The fourth-order valence-corrected chi connectivity index (χ4v) is 4.42. The minimum atomic E-state index is -3.79. The van der Waals surface area contributed by atoms with Crippen molar-refractivity contribution in [2.75, 3.05) is 23.6 Å². The number of rotatable bonds is 6. The van der Waals surface area contributed by atoms with Gasteiger partial charge in [0.1, 0.15) is 40.5 Å². The summed E-state index contributed by atoms with van der Waals surface area (Å²) in [7, 11) is -3.79. The van der Waals surface area contributed by atoms with E-state index in [1.165, 1.54) is 6.07 Å². The van der Waals surface area contributed by atoms with Crippen molar-refractivity contribution in [3.05, 3.63) is 47.3 Å². The lowest BCUT2D eigenvalue weighted by Crippen LogP contribution is -2.29. The molecule has 2 aliphatic rings. The maximum atomic E-state index is 14.3. The van der Waals surface area contributed by atoms with Crippen LogP contribution in [-0.4, -0.2) is 44.3 Å². The molecule has 8 nitrogen and oxygen atoms in total. The maximum absolute atomic E-state index is 14.3. The van der Waals surface area contributed by atoms with E-state index in [9.17, 15) is 18.1 Å². The van der Waals surface area contributed by atoms with Crippen molar-refractivity contribution in [2.45, 2.75) is 13.3 Å². The molecule has 0 saturated carbocycles. The second-order valence-electron chi connectivity index (χ2n) is 6.75. The van der Waals surface area contributed by atoms with Gasteiger partial charge >= 0.3 is 0 Å². The quantitative estimate of drug-likeness (QED) is 0.761. The molecule has 2 aliphatic heterocycles. The van der Waals surface area contributed by atoms with Crippen molar-refractivity contribution in [1.29, 1.82) is 5.26 Å². The number of benzene rings is 2. The number of halogens is 1. The molecule has 1 N–H and O–H groups in total.